The van der Waals surface area contributed by atoms with Gasteiger partial charge in [0.2, 0.25) is 0 Å². The van der Waals surface area contributed by atoms with Crippen LogP contribution >= 0.6 is 27.5 Å². The molecule has 0 fully saturated rings. The van der Waals surface area contributed by atoms with Crippen molar-refractivity contribution in [2.24, 2.45) is 0 Å². The predicted molar refractivity (Wildman–Crippen MR) is 56.1 cm³/mol. The van der Waals surface area contributed by atoms with Crippen LogP contribution in [0.1, 0.15) is 11.4 Å². The maximum absolute atomic E-state index is 6.03. The van der Waals surface area contributed by atoms with Gasteiger partial charge in [0.25, 0.3) is 0 Å². The van der Waals surface area contributed by atoms with Gasteiger partial charge in [0.15, 0.2) is 5.82 Å². The van der Waals surface area contributed by atoms with Gasteiger partial charge in [-0.15, -0.1) is 10.2 Å². The Labute approximate surface area is 93.8 Å². The molecule has 14 heavy (non-hydrogen) atoms. The first-order chi connectivity index (χ1) is 6.75. The number of benzene rings is 1. The number of nitrogens with one attached hydrogen (secondary N) is 1. The van der Waals surface area contributed by atoms with Crippen molar-refractivity contribution in [1.29, 1.82) is 0 Å². The lowest BCUT2D eigenvalue weighted by molar-refractivity contribution is 0.881. The van der Waals surface area contributed by atoms with Crippen molar-refractivity contribution in [3.05, 3.63) is 39.1 Å². The van der Waals surface area contributed by atoms with E-state index >= 15 is 0 Å². The highest BCUT2D eigenvalue weighted by Crippen LogP contribution is 2.22. The standard InChI is InChI=1S/C8H6BrClN4/c9-6-2-1-5(7(10)4-6)3-8-11-13-14-12-8/h1-2,4H,3H2,(H,11,12,13,14). The smallest absolute Gasteiger partial charge is 0.177 e. The van der Waals surface area contributed by atoms with Crippen LogP contribution in [0.5, 0.6) is 0 Å². The minimum Gasteiger partial charge on any atom is -0.177 e. The van der Waals surface area contributed by atoms with E-state index in [1.165, 1.54) is 0 Å². The summed E-state index contributed by atoms with van der Waals surface area (Å²) in [6.07, 6.45) is 0.586. The number of H-pyrrole nitrogens is 1. The molecule has 1 N–H and O–H groups in total. The molecule has 0 aliphatic heterocycles. The van der Waals surface area contributed by atoms with Crippen LogP contribution in [0.4, 0.5) is 0 Å². The largest absolute Gasteiger partial charge is 0.178 e. The third-order valence-corrected chi connectivity index (χ3v) is 2.60. The van der Waals surface area contributed by atoms with Gasteiger partial charge in [-0.25, -0.2) is 0 Å². The van der Waals surface area contributed by atoms with Crippen molar-refractivity contribution in [3.63, 3.8) is 0 Å². The summed E-state index contributed by atoms with van der Waals surface area (Å²) in [6.45, 7) is 0. The summed E-state index contributed by atoms with van der Waals surface area (Å²) in [5.74, 6) is 0.634. The number of rotatable bonds is 2. The van der Waals surface area contributed by atoms with Crippen LogP contribution in [0.25, 0.3) is 0 Å². The topological polar surface area (TPSA) is 54.5 Å². The van der Waals surface area contributed by atoms with Crippen molar-refractivity contribution in [1.82, 2.24) is 20.6 Å². The SMILES string of the molecule is Clc1cc(Br)ccc1Cc1nn[nH]n1. The molecular weight excluding hydrogens is 267 g/mol. The van der Waals surface area contributed by atoms with Gasteiger partial charge in [-0.3, -0.25) is 0 Å². The van der Waals surface area contributed by atoms with Crippen LogP contribution in [-0.4, -0.2) is 20.6 Å². The van der Waals surface area contributed by atoms with E-state index in [2.05, 4.69) is 36.6 Å². The highest BCUT2D eigenvalue weighted by Gasteiger charge is 2.05. The molecule has 0 saturated carbocycles. The molecule has 0 atom stereocenters. The van der Waals surface area contributed by atoms with Crippen LogP contribution in [0.3, 0.4) is 0 Å². The minimum atomic E-state index is 0.586. The summed E-state index contributed by atoms with van der Waals surface area (Å²) in [6, 6.07) is 5.71. The maximum atomic E-state index is 6.03. The monoisotopic (exact) mass is 272 g/mol. The number of aromatic nitrogens is 4. The lowest BCUT2D eigenvalue weighted by atomic mass is 10.1. The molecule has 0 saturated heterocycles. The van der Waals surface area contributed by atoms with E-state index in [0.29, 0.717) is 17.3 Å². The Hall–Kier alpha value is -0.940. The fraction of sp³-hybridized carbons (Fsp3) is 0.125. The third-order valence-electron chi connectivity index (χ3n) is 1.75. The first-order valence-electron chi connectivity index (χ1n) is 3.92. The second-order valence-corrected chi connectivity index (χ2v) is 4.06. The minimum absolute atomic E-state index is 0.586. The number of aromatic amines is 1. The molecule has 4 nitrogen and oxygen atoms in total. The van der Waals surface area contributed by atoms with Crippen molar-refractivity contribution in [2.45, 2.75) is 6.42 Å². The lowest BCUT2D eigenvalue weighted by Gasteiger charge is -2.00. The number of nitrogens with zero attached hydrogens (tertiary/aromatic N) is 3. The van der Waals surface area contributed by atoms with E-state index in [0.717, 1.165) is 10.0 Å². The Kier molecular flexibility index (Phi) is 2.79. The Morgan fingerprint density at radius 2 is 2.29 bits per heavy atom. The summed E-state index contributed by atoms with van der Waals surface area (Å²) in [5.41, 5.74) is 0.983. The summed E-state index contributed by atoms with van der Waals surface area (Å²) < 4.78 is 0.958. The fourth-order valence-corrected chi connectivity index (χ4v) is 1.83. The van der Waals surface area contributed by atoms with E-state index in [4.69, 9.17) is 11.6 Å². The zero-order valence-electron chi connectivity index (χ0n) is 7.04. The fourth-order valence-electron chi connectivity index (χ4n) is 1.09. The van der Waals surface area contributed by atoms with Crippen molar-refractivity contribution >= 4 is 27.5 Å². The Balaban J connectivity index is 2.25. The number of tetrazole rings is 1. The van der Waals surface area contributed by atoms with Crippen LogP contribution in [0.15, 0.2) is 22.7 Å². The molecular formula is C8H6BrClN4. The molecule has 0 aliphatic rings. The van der Waals surface area contributed by atoms with Crippen molar-refractivity contribution < 1.29 is 0 Å². The first kappa shape index (κ1) is 9.61. The lowest BCUT2D eigenvalue weighted by Crippen LogP contribution is -1.92. The Morgan fingerprint density at radius 1 is 1.43 bits per heavy atom. The van der Waals surface area contributed by atoms with Gasteiger partial charge in [0.1, 0.15) is 0 Å². The van der Waals surface area contributed by atoms with Gasteiger partial charge >= 0.3 is 0 Å². The van der Waals surface area contributed by atoms with E-state index in [1.54, 1.807) is 0 Å². The molecule has 6 heteroatoms. The van der Waals surface area contributed by atoms with Gasteiger partial charge in [-0.2, -0.15) is 5.21 Å². The normalized spacial score (nSPS) is 10.4. The summed E-state index contributed by atoms with van der Waals surface area (Å²) in [7, 11) is 0. The van der Waals surface area contributed by atoms with Gasteiger partial charge in [0.05, 0.1) is 0 Å². The number of hydrogen-bond donors (Lipinski definition) is 1. The molecule has 0 aliphatic carbocycles. The quantitative estimate of drug-likeness (QED) is 0.913. The molecule has 2 aromatic rings. The summed E-state index contributed by atoms with van der Waals surface area (Å²) in [5, 5.41) is 14.3. The highest BCUT2D eigenvalue weighted by atomic mass is 79.9. The average Bonchev–Trinajstić information content (AvgIpc) is 2.62. The number of halogens is 2. The molecule has 1 heterocycles. The van der Waals surface area contributed by atoms with Gasteiger partial charge in [-0.05, 0) is 17.7 Å². The van der Waals surface area contributed by atoms with Crippen molar-refractivity contribution in [3.8, 4) is 0 Å². The van der Waals surface area contributed by atoms with E-state index < -0.39 is 0 Å². The second-order valence-electron chi connectivity index (χ2n) is 2.74. The van der Waals surface area contributed by atoms with Gasteiger partial charge in [-0.1, -0.05) is 38.8 Å². The van der Waals surface area contributed by atoms with E-state index in [9.17, 15) is 0 Å². The van der Waals surface area contributed by atoms with Crippen molar-refractivity contribution in [2.75, 3.05) is 0 Å². The molecule has 0 bridgehead atoms. The number of hydrogen-bond acceptors (Lipinski definition) is 3. The summed E-state index contributed by atoms with van der Waals surface area (Å²) >= 11 is 9.37. The highest BCUT2D eigenvalue weighted by molar-refractivity contribution is 9.10. The molecule has 0 spiro atoms. The third kappa shape index (κ3) is 2.10. The van der Waals surface area contributed by atoms with Crippen LogP contribution in [0.2, 0.25) is 5.02 Å². The average molecular weight is 274 g/mol. The van der Waals surface area contributed by atoms with Gasteiger partial charge < -0.3 is 0 Å². The molecule has 0 radical (unpaired) electrons. The Morgan fingerprint density at radius 3 is 2.93 bits per heavy atom. The van der Waals surface area contributed by atoms with Crippen LogP contribution in [-0.2, 0) is 6.42 Å². The second kappa shape index (κ2) is 4.06. The zero-order chi connectivity index (χ0) is 9.97. The summed E-state index contributed by atoms with van der Waals surface area (Å²) in [4.78, 5) is 0. The van der Waals surface area contributed by atoms with Gasteiger partial charge in [0, 0.05) is 15.9 Å². The molecule has 2 rings (SSSR count). The molecule has 72 valence electrons. The van der Waals surface area contributed by atoms with Crippen LogP contribution in [0, 0.1) is 0 Å². The van der Waals surface area contributed by atoms with Crippen LogP contribution < -0.4 is 0 Å². The molecule has 1 aromatic carbocycles. The maximum Gasteiger partial charge on any atom is 0.178 e. The van der Waals surface area contributed by atoms with E-state index in [-0.39, 0.29) is 0 Å². The first-order valence-corrected chi connectivity index (χ1v) is 5.09. The predicted octanol–water partition coefficient (Wildman–Crippen LogP) is 2.21. The molecule has 1 aromatic heterocycles. The molecule has 0 amide bonds. The zero-order valence-corrected chi connectivity index (χ0v) is 9.38. The van der Waals surface area contributed by atoms with E-state index in [1.807, 2.05) is 18.2 Å². The Bertz CT molecular complexity index is 429. The molecule has 0 unspecified atom stereocenters.